The number of aliphatic hydroxyl groups excluding tert-OH is 1. The van der Waals surface area contributed by atoms with Gasteiger partial charge in [0.2, 0.25) is 5.91 Å². The Morgan fingerprint density at radius 2 is 2.10 bits per heavy atom. The molecule has 4 nitrogen and oxygen atoms in total. The Morgan fingerprint density at radius 3 is 2.65 bits per heavy atom. The highest BCUT2D eigenvalue weighted by atomic mass is 35.5. The van der Waals surface area contributed by atoms with Crippen LogP contribution in [0.2, 0.25) is 5.02 Å². The topological polar surface area (TPSA) is 43.8 Å². The van der Waals surface area contributed by atoms with Crippen molar-refractivity contribution in [3.05, 3.63) is 28.8 Å². The van der Waals surface area contributed by atoms with Crippen LogP contribution in [0, 0.1) is 0 Å². The molecule has 1 heterocycles. The van der Waals surface area contributed by atoms with Gasteiger partial charge in [-0.3, -0.25) is 4.79 Å². The number of carbonyl (C=O) groups is 1. The van der Waals surface area contributed by atoms with Gasteiger partial charge in [0.1, 0.15) is 0 Å². The maximum absolute atomic E-state index is 12.1. The molecule has 0 bridgehead atoms. The van der Waals surface area contributed by atoms with Gasteiger partial charge in [0.15, 0.2) is 0 Å². The molecule has 5 heteroatoms. The van der Waals surface area contributed by atoms with Gasteiger partial charge in [-0.1, -0.05) is 17.7 Å². The number of anilines is 1. The van der Waals surface area contributed by atoms with Crippen molar-refractivity contribution in [3.8, 4) is 0 Å². The molecule has 0 aliphatic carbocycles. The van der Waals surface area contributed by atoms with Crippen LogP contribution in [0.25, 0.3) is 0 Å². The molecule has 1 aromatic rings. The normalized spacial score (nSPS) is 16.3. The number of halogens is 1. The van der Waals surface area contributed by atoms with Crippen LogP contribution in [0.4, 0.5) is 5.69 Å². The minimum absolute atomic E-state index is 0.140. The molecular formula is C15H21ClN2O2. The van der Waals surface area contributed by atoms with Gasteiger partial charge in [-0.05, 0) is 37.5 Å². The number of carbonyl (C=O) groups excluding carboxylic acids is 1. The average Bonchev–Trinajstić information content (AvgIpc) is 2.92. The number of rotatable bonds is 4. The van der Waals surface area contributed by atoms with Gasteiger partial charge in [0.05, 0.1) is 23.4 Å². The first kappa shape index (κ1) is 15.1. The largest absolute Gasteiger partial charge is 0.389 e. The Labute approximate surface area is 124 Å². The lowest BCUT2D eigenvalue weighted by Crippen LogP contribution is -2.37. The van der Waals surface area contributed by atoms with Gasteiger partial charge in [0.25, 0.3) is 0 Å². The van der Waals surface area contributed by atoms with E-state index in [1.165, 1.54) is 0 Å². The Bertz CT molecular complexity index is 485. The van der Waals surface area contributed by atoms with Gasteiger partial charge in [-0.15, -0.1) is 0 Å². The van der Waals surface area contributed by atoms with Gasteiger partial charge in [0, 0.05) is 20.1 Å². The van der Waals surface area contributed by atoms with E-state index >= 15 is 0 Å². The molecule has 1 atom stereocenters. The molecule has 1 aromatic carbocycles. The van der Waals surface area contributed by atoms with Gasteiger partial charge in [-0.25, -0.2) is 0 Å². The van der Waals surface area contributed by atoms with Crippen molar-refractivity contribution >= 4 is 23.2 Å². The van der Waals surface area contributed by atoms with Crippen molar-refractivity contribution in [3.63, 3.8) is 0 Å². The van der Waals surface area contributed by atoms with Crippen molar-refractivity contribution in [2.75, 3.05) is 31.6 Å². The molecule has 0 spiro atoms. The molecule has 1 aliphatic rings. The predicted molar refractivity (Wildman–Crippen MR) is 81.2 cm³/mol. The Balaban J connectivity index is 2.05. The molecule has 1 amide bonds. The van der Waals surface area contributed by atoms with Gasteiger partial charge >= 0.3 is 0 Å². The third kappa shape index (κ3) is 3.44. The van der Waals surface area contributed by atoms with Crippen LogP contribution in [-0.2, 0) is 4.79 Å². The first-order chi connectivity index (χ1) is 9.49. The van der Waals surface area contributed by atoms with E-state index in [4.69, 9.17) is 11.6 Å². The number of likely N-dealkylation sites (tertiary alicyclic amines) is 1. The maximum atomic E-state index is 12.1. The highest BCUT2D eigenvalue weighted by Gasteiger charge is 2.20. The molecule has 2 rings (SSSR count). The van der Waals surface area contributed by atoms with E-state index in [2.05, 4.69) is 0 Å². The van der Waals surface area contributed by atoms with Gasteiger partial charge in [-0.2, -0.15) is 0 Å². The summed E-state index contributed by atoms with van der Waals surface area (Å²) in [7, 11) is 1.86. The molecule has 0 saturated carbocycles. The van der Waals surface area contributed by atoms with E-state index in [9.17, 15) is 9.90 Å². The van der Waals surface area contributed by atoms with Crippen LogP contribution in [0.15, 0.2) is 18.2 Å². The van der Waals surface area contributed by atoms with E-state index in [0.29, 0.717) is 11.6 Å². The third-order valence-corrected chi connectivity index (χ3v) is 4.00. The molecule has 1 fully saturated rings. The lowest BCUT2D eigenvalue weighted by molar-refractivity contribution is -0.128. The summed E-state index contributed by atoms with van der Waals surface area (Å²) in [4.78, 5) is 15.9. The maximum Gasteiger partial charge on any atom is 0.242 e. The first-order valence-electron chi connectivity index (χ1n) is 6.95. The molecule has 1 N–H and O–H groups in total. The summed E-state index contributed by atoms with van der Waals surface area (Å²) >= 11 is 6.23. The van der Waals surface area contributed by atoms with E-state index in [1.807, 2.05) is 29.0 Å². The van der Waals surface area contributed by atoms with Crippen LogP contribution in [0.1, 0.15) is 31.4 Å². The van der Waals surface area contributed by atoms with Crippen LogP contribution in [-0.4, -0.2) is 42.6 Å². The highest BCUT2D eigenvalue weighted by molar-refractivity contribution is 6.33. The summed E-state index contributed by atoms with van der Waals surface area (Å²) in [5.41, 5.74) is 1.58. The molecule has 1 saturated heterocycles. The zero-order valence-corrected chi connectivity index (χ0v) is 12.7. The summed E-state index contributed by atoms with van der Waals surface area (Å²) in [5.74, 6) is 0.140. The second-order valence-electron chi connectivity index (χ2n) is 5.33. The Kier molecular flexibility index (Phi) is 4.89. The average molecular weight is 297 g/mol. The second-order valence-corrected chi connectivity index (χ2v) is 5.74. The second kappa shape index (κ2) is 6.46. The fourth-order valence-electron chi connectivity index (χ4n) is 2.45. The van der Waals surface area contributed by atoms with E-state index in [-0.39, 0.29) is 5.91 Å². The Hall–Kier alpha value is -1.26. The number of likely N-dealkylation sites (N-methyl/N-ethyl adjacent to an activating group) is 1. The number of hydrogen-bond donors (Lipinski definition) is 1. The smallest absolute Gasteiger partial charge is 0.242 e. The third-order valence-electron chi connectivity index (χ3n) is 3.70. The zero-order chi connectivity index (χ0) is 14.7. The highest BCUT2D eigenvalue weighted by Crippen LogP contribution is 2.28. The minimum Gasteiger partial charge on any atom is -0.389 e. The fraction of sp³-hybridized carbons (Fsp3) is 0.533. The monoisotopic (exact) mass is 296 g/mol. The minimum atomic E-state index is -0.543. The fourth-order valence-corrected chi connectivity index (χ4v) is 2.78. The lowest BCUT2D eigenvalue weighted by Gasteiger charge is -2.24. The van der Waals surface area contributed by atoms with Crippen molar-refractivity contribution < 1.29 is 9.90 Å². The molecule has 1 unspecified atom stereocenters. The molecular weight excluding hydrogens is 276 g/mol. The van der Waals surface area contributed by atoms with Crippen molar-refractivity contribution in [1.29, 1.82) is 0 Å². The molecule has 0 radical (unpaired) electrons. The van der Waals surface area contributed by atoms with E-state index in [1.54, 1.807) is 13.0 Å². The summed E-state index contributed by atoms with van der Waals surface area (Å²) in [6.45, 7) is 3.75. The summed E-state index contributed by atoms with van der Waals surface area (Å²) in [5, 5.41) is 10.1. The molecule has 1 aliphatic heterocycles. The van der Waals surface area contributed by atoms with Crippen LogP contribution in [0.5, 0.6) is 0 Å². The van der Waals surface area contributed by atoms with Crippen molar-refractivity contribution in [2.24, 2.45) is 0 Å². The SMILES string of the molecule is CC(O)c1ccc(N(C)CC(=O)N2CCCC2)c(Cl)c1. The Morgan fingerprint density at radius 1 is 1.45 bits per heavy atom. The summed E-state index contributed by atoms with van der Waals surface area (Å²) < 4.78 is 0. The molecule has 110 valence electrons. The van der Waals surface area contributed by atoms with E-state index < -0.39 is 6.10 Å². The van der Waals surface area contributed by atoms with Crippen LogP contribution in [0.3, 0.4) is 0 Å². The number of hydrogen-bond acceptors (Lipinski definition) is 3. The number of benzene rings is 1. The van der Waals surface area contributed by atoms with Crippen LogP contribution < -0.4 is 4.90 Å². The zero-order valence-electron chi connectivity index (χ0n) is 12.0. The van der Waals surface area contributed by atoms with E-state index in [0.717, 1.165) is 37.2 Å². The number of nitrogens with zero attached hydrogens (tertiary/aromatic N) is 2. The van der Waals surface area contributed by atoms with Crippen molar-refractivity contribution in [1.82, 2.24) is 4.90 Å². The number of aliphatic hydroxyl groups is 1. The van der Waals surface area contributed by atoms with Crippen molar-refractivity contribution in [2.45, 2.75) is 25.9 Å². The summed E-state index contributed by atoms with van der Waals surface area (Å²) in [6, 6.07) is 5.43. The standard InChI is InChI=1S/C15H21ClN2O2/c1-11(19)12-5-6-14(13(16)9-12)17(2)10-15(20)18-7-3-4-8-18/h5-6,9,11,19H,3-4,7-8,10H2,1-2H3. The first-order valence-corrected chi connectivity index (χ1v) is 7.33. The molecule has 0 aromatic heterocycles. The quantitative estimate of drug-likeness (QED) is 0.928. The van der Waals surface area contributed by atoms with Crippen LogP contribution >= 0.6 is 11.6 Å². The predicted octanol–water partition coefficient (Wildman–Crippen LogP) is 2.45. The number of amides is 1. The molecule has 20 heavy (non-hydrogen) atoms. The summed E-state index contributed by atoms with van der Waals surface area (Å²) in [6.07, 6.45) is 1.65. The van der Waals surface area contributed by atoms with Gasteiger partial charge < -0.3 is 14.9 Å². The lowest BCUT2D eigenvalue weighted by atomic mass is 10.1.